The lowest BCUT2D eigenvalue weighted by atomic mass is 10.00. The van der Waals surface area contributed by atoms with Gasteiger partial charge in [-0.25, -0.2) is 4.39 Å². The van der Waals surface area contributed by atoms with Gasteiger partial charge >= 0.3 is 0 Å². The molecule has 0 atom stereocenters. The molecule has 1 N–H and O–H groups in total. The fourth-order valence-electron chi connectivity index (χ4n) is 1.47. The van der Waals surface area contributed by atoms with Crippen molar-refractivity contribution in [2.45, 2.75) is 6.42 Å². The summed E-state index contributed by atoms with van der Waals surface area (Å²) in [4.78, 5) is 11.4. The Kier molecular flexibility index (Phi) is 2.07. The van der Waals surface area contributed by atoms with E-state index in [0.717, 1.165) is 0 Å². The van der Waals surface area contributed by atoms with E-state index in [-0.39, 0.29) is 11.7 Å². The fraction of sp³-hybridized carbons (Fsp3) is 0.222. The third-order valence-electron chi connectivity index (χ3n) is 2.09. The summed E-state index contributed by atoms with van der Waals surface area (Å²) in [7, 11) is 0. The minimum Gasteiger partial charge on any atom is -0.352 e. The highest BCUT2D eigenvalue weighted by Gasteiger charge is 2.22. The van der Waals surface area contributed by atoms with Gasteiger partial charge in [0.05, 0.1) is 5.56 Å². The molecular weight excluding hydrogens is 237 g/mol. The van der Waals surface area contributed by atoms with Gasteiger partial charge in [0, 0.05) is 16.6 Å². The van der Waals surface area contributed by atoms with Gasteiger partial charge in [0.25, 0.3) is 5.91 Å². The Morgan fingerprint density at radius 1 is 1.46 bits per heavy atom. The molecule has 0 bridgehead atoms. The van der Waals surface area contributed by atoms with Crippen molar-refractivity contribution in [3.63, 3.8) is 0 Å². The number of halogens is 2. The average molecular weight is 244 g/mol. The van der Waals surface area contributed by atoms with Crippen LogP contribution >= 0.6 is 15.9 Å². The molecule has 0 aliphatic carbocycles. The number of carbonyl (C=O) groups excluding carboxylic acids is 1. The zero-order chi connectivity index (χ0) is 9.42. The van der Waals surface area contributed by atoms with Gasteiger partial charge < -0.3 is 5.32 Å². The first kappa shape index (κ1) is 8.69. The second-order valence-electron chi connectivity index (χ2n) is 2.89. The number of rotatable bonds is 0. The van der Waals surface area contributed by atoms with E-state index >= 15 is 0 Å². The lowest BCUT2D eigenvalue weighted by Crippen LogP contribution is -2.32. The van der Waals surface area contributed by atoms with Crippen molar-refractivity contribution in [3.05, 3.63) is 33.5 Å². The van der Waals surface area contributed by atoms with E-state index in [1.54, 1.807) is 6.07 Å². The van der Waals surface area contributed by atoms with Crippen molar-refractivity contribution >= 4 is 21.8 Å². The van der Waals surface area contributed by atoms with E-state index in [0.29, 0.717) is 28.6 Å². The van der Waals surface area contributed by atoms with Crippen molar-refractivity contribution < 1.29 is 9.18 Å². The number of fused-ring (bicyclic) bond motifs is 1. The van der Waals surface area contributed by atoms with Crippen molar-refractivity contribution in [2.75, 3.05) is 6.54 Å². The molecule has 1 aromatic carbocycles. The molecule has 2 rings (SSSR count). The maximum absolute atomic E-state index is 13.2. The van der Waals surface area contributed by atoms with E-state index in [4.69, 9.17) is 0 Å². The van der Waals surface area contributed by atoms with Crippen LogP contribution in [0.25, 0.3) is 0 Å². The first-order valence-corrected chi connectivity index (χ1v) is 4.74. The smallest absolute Gasteiger partial charge is 0.252 e. The summed E-state index contributed by atoms with van der Waals surface area (Å²) in [6, 6.07) is 2.93. The third-order valence-corrected chi connectivity index (χ3v) is 2.75. The molecule has 13 heavy (non-hydrogen) atoms. The zero-order valence-electron chi connectivity index (χ0n) is 6.73. The molecule has 4 heteroatoms. The van der Waals surface area contributed by atoms with Gasteiger partial charge in [-0.15, -0.1) is 0 Å². The van der Waals surface area contributed by atoms with Gasteiger partial charge in [0.15, 0.2) is 0 Å². The Bertz CT molecular complexity index is 378. The van der Waals surface area contributed by atoms with Crippen LogP contribution in [-0.4, -0.2) is 12.5 Å². The first-order valence-electron chi connectivity index (χ1n) is 3.95. The Morgan fingerprint density at radius 3 is 2.92 bits per heavy atom. The van der Waals surface area contributed by atoms with Crippen LogP contribution in [0, 0.1) is 5.82 Å². The Labute approximate surface area is 83.3 Å². The first-order chi connectivity index (χ1) is 6.20. The molecule has 1 aromatic rings. The maximum atomic E-state index is 13.2. The molecule has 0 spiro atoms. The molecule has 1 aliphatic rings. The van der Waals surface area contributed by atoms with E-state index in [1.807, 2.05) is 0 Å². The molecule has 0 aromatic heterocycles. The van der Waals surface area contributed by atoms with E-state index in [1.165, 1.54) is 6.07 Å². The molecular formula is C9H7BrFNO. The standard InChI is InChI=1S/C9H7BrFNO/c10-6-1-2-7(11)5-3-4-12-9(13)8(5)6/h1-2H,3-4H2,(H,12,13). The number of benzene rings is 1. The van der Waals surface area contributed by atoms with Gasteiger partial charge in [-0.3, -0.25) is 4.79 Å². The Morgan fingerprint density at radius 2 is 2.23 bits per heavy atom. The maximum Gasteiger partial charge on any atom is 0.252 e. The second kappa shape index (κ2) is 3.10. The highest BCUT2D eigenvalue weighted by molar-refractivity contribution is 9.10. The summed E-state index contributed by atoms with van der Waals surface area (Å²) < 4.78 is 13.9. The average Bonchev–Trinajstić information content (AvgIpc) is 2.12. The van der Waals surface area contributed by atoms with Crippen molar-refractivity contribution in [2.24, 2.45) is 0 Å². The summed E-state index contributed by atoms with van der Waals surface area (Å²) in [6.07, 6.45) is 0.562. The Balaban J connectivity index is 2.67. The topological polar surface area (TPSA) is 29.1 Å². The SMILES string of the molecule is O=C1NCCc2c(F)ccc(Br)c21. The molecule has 2 nitrogen and oxygen atoms in total. The normalized spacial score (nSPS) is 15.1. The van der Waals surface area contributed by atoms with Crippen LogP contribution in [0.4, 0.5) is 4.39 Å². The minimum absolute atomic E-state index is 0.201. The van der Waals surface area contributed by atoms with Crippen molar-refractivity contribution in [3.8, 4) is 0 Å². The summed E-state index contributed by atoms with van der Waals surface area (Å²) in [5.41, 5.74) is 0.948. The largest absolute Gasteiger partial charge is 0.352 e. The molecule has 0 saturated carbocycles. The van der Waals surface area contributed by atoms with E-state index in [2.05, 4.69) is 21.2 Å². The molecule has 1 amide bonds. The van der Waals surface area contributed by atoms with Crippen LogP contribution in [0.1, 0.15) is 15.9 Å². The van der Waals surface area contributed by atoms with Crippen LogP contribution < -0.4 is 5.32 Å². The monoisotopic (exact) mass is 243 g/mol. The fourth-order valence-corrected chi connectivity index (χ4v) is 2.02. The number of hydrogen-bond donors (Lipinski definition) is 1. The van der Waals surface area contributed by atoms with Crippen LogP contribution in [0.3, 0.4) is 0 Å². The van der Waals surface area contributed by atoms with Crippen molar-refractivity contribution in [1.29, 1.82) is 0 Å². The number of nitrogens with one attached hydrogen (secondary N) is 1. The predicted octanol–water partition coefficient (Wildman–Crippen LogP) is 1.87. The minimum atomic E-state index is -0.298. The third kappa shape index (κ3) is 1.35. The number of amides is 1. The number of hydrogen-bond acceptors (Lipinski definition) is 1. The molecule has 1 heterocycles. The summed E-state index contributed by atoms with van der Waals surface area (Å²) >= 11 is 3.23. The van der Waals surface area contributed by atoms with Crippen LogP contribution in [0.5, 0.6) is 0 Å². The van der Waals surface area contributed by atoms with Gasteiger partial charge in [-0.05, 0) is 34.5 Å². The molecule has 0 unspecified atom stereocenters. The molecule has 0 fully saturated rings. The zero-order valence-corrected chi connectivity index (χ0v) is 8.32. The van der Waals surface area contributed by atoms with Crippen LogP contribution in [0.15, 0.2) is 16.6 Å². The van der Waals surface area contributed by atoms with Crippen molar-refractivity contribution in [1.82, 2.24) is 5.32 Å². The second-order valence-corrected chi connectivity index (χ2v) is 3.74. The lowest BCUT2D eigenvalue weighted by molar-refractivity contribution is 0.0944. The van der Waals surface area contributed by atoms with Gasteiger partial charge in [-0.2, -0.15) is 0 Å². The number of carbonyl (C=O) groups is 1. The summed E-state index contributed by atoms with van der Waals surface area (Å²) in [5, 5.41) is 2.67. The summed E-state index contributed by atoms with van der Waals surface area (Å²) in [5.74, 6) is -0.499. The Hall–Kier alpha value is -0.900. The highest BCUT2D eigenvalue weighted by Crippen LogP contribution is 2.25. The molecule has 1 aliphatic heterocycles. The summed E-state index contributed by atoms with van der Waals surface area (Å²) in [6.45, 7) is 0.513. The molecule has 68 valence electrons. The highest BCUT2D eigenvalue weighted by atomic mass is 79.9. The van der Waals surface area contributed by atoms with Gasteiger partial charge in [0.2, 0.25) is 0 Å². The predicted molar refractivity (Wildman–Crippen MR) is 50.1 cm³/mol. The van der Waals surface area contributed by atoms with Crippen LogP contribution in [0.2, 0.25) is 0 Å². The molecule has 0 radical (unpaired) electrons. The van der Waals surface area contributed by atoms with E-state index < -0.39 is 0 Å². The lowest BCUT2D eigenvalue weighted by Gasteiger charge is -2.17. The molecule has 0 saturated heterocycles. The van der Waals surface area contributed by atoms with E-state index in [9.17, 15) is 9.18 Å². The van der Waals surface area contributed by atoms with Gasteiger partial charge in [0.1, 0.15) is 5.82 Å². The quantitative estimate of drug-likeness (QED) is 0.741. The van der Waals surface area contributed by atoms with Crippen LogP contribution in [-0.2, 0) is 6.42 Å². The van der Waals surface area contributed by atoms with Gasteiger partial charge in [-0.1, -0.05) is 0 Å².